The van der Waals surface area contributed by atoms with Crippen LogP contribution in [0.3, 0.4) is 0 Å². The van der Waals surface area contributed by atoms with E-state index in [0.29, 0.717) is 53.1 Å². The molecule has 35 heavy (non-hydrogen) atoms. The van der Waals surface area contributed by atoms with E-state index in [0.717, 1.165) is 51.4 Å². The third-order valence-corrected chi connectivity index (χ3v) is 11.9. The van der Waals surface area contributed by atoms with Gasteiger partial charge in [-0.05, 0) is 105 Å². The lowest BCUT2D eigenvalue weighted by atomic mass is 9.54. The van der Waals surface area contributed by atoms with Crippen LogP contribution in [0, 0.1) is 71.0 Å². The molecule has 0 radical (unpaired) electrons. The summed E-state index contributed by atoms with van der Waals surface area (Å²) in [6.07, 6.45) is 9.22. The summed E-state index contributed by atoms with van der Waals surface area (Å²) in [5.41, 5.74) is 0. The van der Waals surface area contributed by atoms with Gasteiger partial charge < -0.3 is 14.2 Å². The zero-order valence-corrected chi connectivity index (χ0v) is 21.1. The van der Waals surface area contributed by atoms with Crippen molar-refractivity contribution < 1.29 is 28.6 Å². The minimum absolute atomic E-state index is 0.0116. The first-order valence-electron chi connectivity index (χ1n) is 14.4. The Kier molecular flexibility index (Phi) is 5.39. The number of fused-ring (bicyclic) bond motifs is 9. The average molecular weight is 485 g/mol. The first-order valence-corrected chi connectivity index (χ1v) is 14.4. The Morgan fingerprint density at radius 3 is 2.54 bits per heavy atom. The highest BCUT2D eigenvalue weighted by Crippen LogP contribution is 2.69. The van der Waals surface area contributed by atoms with Crippen molar-refractivity contribution in [3.63, 3.8) is 0 Å². The highest BCUT2D eigenvalue weighted by Gasteiger charge is 2.66. The number of ether oxygens (including phenoxy) is 3. The van der Waals surface area contributed by atoms with Crippen molar-refractivity contribution in [3.8, 4) is 0 Å². The normalized spacial score (nSPS) is 51.0. The van der Waals surface area contributed by atoms with E-state index >= 15 is 0 Å². The van der Waals surface area contributed by atoms with Gasteiger partial charge in [0.05, 0.1) is 17.9 Å². The summed E-state index contributed by atoms with van der Waals surface area (Å²) in [4.78, 5) is 38.3. The lowest BCUT2D eigenvalue weighted by molar-refractivity contribution is -0.192. The predicted molar refractivity (Wildman–Crippen MR) is 126 cm³/mol. The fourth-order valence-electron chi connectivity index (χ4n) is 10.5. The SMILES string of the molecule is CCC(C)C(=O)OC1CC2CC1C1C3CC(CC3C(=O)OCOC3C4CC5CC(C4)C(=O)C3C5)C21. The number of esters is 2. The average Bonchev–Trinajstić information content (AvgIpc) is 3.62. The van der Waals surface area contributed by atoms with Gasteiger partial charge in [-0.1, -0.05) is 13.8 Å². The standard InChI is InChI=1S/C29H40O6/c1-3-13(2)28(31)35-23-11-16-10-21(23)25-19-8-15(24(16)25)9-20(19)29(32)34-12-33-27-18-5-14-4-17(7-18)26(30)22(27)6-14/h13-25,27H,3-12H2,1-2H3. The summed E-state index contributed by atoms with van der Waals surface area (Å²) in [5, 5.41) is 0. The quantitative estimate of drug-likeness (QED) is 0.303. The molecule has 0 aromatic heterocycles. The van der Waals surface area contributed by atoms with E-state index in [9.17, 15) is 14.4 Å². The monoisotopic (exact) mass is 484 g/mol. The summed E-state index contributed by atoms with van der Waals surface area (Å²) in [5.74, 6) is 4.85. The molecule has 6 heteroatoms. The highest BCUT2D eigenvalue weighted by atomic mass is 16.7. The number of Topliss-reactive ketones (excluding diaryl/α,β-unsaturated/α-hetero) is 1. The van der Waals surface area contributed by atoms with Crippen molar-refractivity contribution in [1.82, 2.24) is 0 Å². The Balaban J connectivity index is 0.957. The van der Waals surface area contributed by atoms with Crippen molar-refractivity contribution in [2.75, 3.05) is 6.79 Å². The molecule has 8 aliphatic carbocycles. The smallest absolute Gasteiger partial charge is 0.311 e. The summed E-state index contributed by atoms with van der Waals surface area (Å²) in [7, 11) is 0. The van der Waals surface area contributed by atoms with Crippen LogP contribution in [0.25, 0.3) is 0 Å². The van der Waals surface area contributed by atoms with Crippen molar-refractivity contribution in [3.05, 3.63) is 0 Å². The van der Waals surface area contributed by atoms with E-state index in [1.807, 2.05) is 13.8 Å². The Morgan fingerprint density at radius 1 is 0.914 bits per heavy atom. The van der Waals surface area contributed by atoms with Gasteiger partial charge >= 0.3 is 11.9 Å². The lowest BCUT2D eigenvalue weighted by Gasteiger charge is -2.52. The molecule has 0 spiro atoms. The van der Waals surface area contributed by atoms with Gasteiger partial charge in [0.25, 0.3) is 0 Å². The Bertz CT molecular complexity index is 915. The maximum Gasteiger partial charge on any atom is 0.311 e. The van der Waals surface area contributed by atoms with E-state index in [-0.39, 0.29) is 54.6 Å². The molecule has 6 nitrogen and oxygen atoms in total. The number of rotatable bonds is 7. The molecule has 0 heterocycles. The minimum Gasteiger partial charge on any atom is -0.462 e. The van der Waals surface area contributed by atoms with E-state index in [4.69, 9.17) is 14.2 Å². The second-order valence-electron chi connectivity index (χ2n) is 13.3. The molecule has 0 N–H and O–H groups in total. The number of carbonyl (C=O) groups excluding carboxylic acids is 3. The molecule has 8 rings (SSSR count). The molecule has 8 bridgehead atoms. The molecule has 14 unspecified atom stereocenters. The van der Waals surface area contributed by atoms with Gasteiger partial charge in [-0.25, -0.2) is 0 Å². The maximum atomic E-state index is 13.2. The molecule has 192 valence electrons. The Hall–Kier alpha value is -1.43. The second-order valence-corrected chi connectivity index (χ2v) is 13.3. The van der Waals surface area contributed by atoms with Crippen LogP contribution in [-0.2, 0) is 28.6 Å². The first-order chi connectivity index (χ1) is 16.9. The predicted octanol–water partition coefficient (Wildman–Crippen LogP) is 4.39. The molecule has 0 aromatic carbocycles. The fourth-order valence-corrected chi connectivity index (χ4v) is 10.5. The van der Waals surface area contributed by atoms with E-state index in [2.05, 4.69) is 0 Å². The molecule has 0 aliphatic heterocycles. The molecule has 8 fully saturated rings. The molecule has 0 amide bonds. The number of carbonyl (C=O) groups is 3. The zero-order chi connectivity index (χ0) is 24.0. The van der Waals surface area contributed by atoms with Crippen LogP contribution < -0.4 is 0 Å². The van der Waals surface area contributed by atoms with E-state index < -0.39 is 0 Å². The van der Waals surface area contributed by atoms with Crippen molar-refractivity contribution in [2.24, 2.45) is 71.0 Å². The topological polar surface area (TPSA) is 78.9 Å². The molecular weight excluding hydrogens is 444 g/mol. The van der Waals surface area contributed by atoms with Crippen LogP contribution in [0.1, 0.15) is 71.6 Å². The summed E-state index contributed by atoms with van der Waals surface area (Å²) in [6.45, 7) is 3.96. The molecule has 0 aromatic rings. The molecule has 8 saturated carbocycles. The first kappa shape index (κ1) is 22.7. The van der Waals surface area contributed by atoms with Gasteiger partial charge in [-0.15, -0.1) is 0 Å². The van der Waals surface area contributed by atoms with Crippen LogP contribution in [0.5, 0.6) is 0 Å². The van der Waals surface area contributed by atoms with Crippen molar-refractivity contribution in [2.45, 2.75) is 83.8 Å². The van der Waals surface area contributed by atoms with E-state index in [1.54, 1.807) is 0 Å². The third-order valence-electron chi connectivity index (χ3n) is 11.9. The second kappa shape index (κ2) is 8.29. The lowest BCUT2D eigenvalue weighted by Crippen LogP contribution is -2.55. The summed E-state index contributed by atoms with van der Waals surface area (Å²) in [6, 6.07) is 0. The van der Waals surface area contributed by atoms with E-state index in [1.165, 1.54) is 6.42 Å². The van der Waals surface area contributed by atoms with Gasteiger partial charge in [0.1, 0.15) is 11.9 Å². The molecule has 8 aliphatic rings. The maximum absolute atomic E-state index is 13.2. The van der Waals surface area contributed by atoms with Crippen molar-refractivity contribution >= 4 is 17.7 Å². The Labute approximate surface area is 208 Å². The van der Waals surface area contributed by atoms with Gasteiger partial charge in [0.15, 0.2) is 6.79 Å². The zero-order valence-electron chi connectivity index (χ0n) is 21.1. The van der Waals surface area contributed by atoms with Gasteiger partial charge in [0.2, 0.25) is 0 Å². The molecule has 0 saturated heterocycles. The Morgan fingerprint density at radius 2 is 1.71 bits per heavy atom. The van der Waals surface area contributed by atoms with Crippen LogP contribution in [-0.4, -0.2) is 36.7 Å². The summed E-state index contributed by atoms with van der Waals surface area (Å²) < 4.78 is 17.8. The minimum atomic E-state index is -0.109. The summed E-state index contributed by atoms with van der Waals surface area (Å²) >= 11 is 0. The number of hydrogen-bond acceptors (Lipinski definition) is 6. The van der Waals surface area contributed by atoms with Crippen LogP contribution in [0.15, 0.2) is 0 Å². The van der Waals surface area contributed by atoms with Crippen LogP contribution in [0.2, 0.25) is 0 Å². The molecule has 14 atom stereocenters. The largest absolute Gasteiger partial charge is 0.462 e. The number of ketones is 1. The van der Waals surface area contributed by atoms with Crippen molar-refractivity contribution in [1.29, 1.82) is 0 Å². The van der Waals surface area contributed by atoms with Gasteiger partial charge in [0, 0.05) is 11.8 Å². The third kappa shape index (κ3) is 3.40. The van der Waals surface area contributed by atoms with Crippen LogP contribution >= 0.6 is 0 Å². The highest BCUT2D eigenvalue weighted by molar-refractivity contribution is 5.86. The van der Waals surface area contributed by atoms with Crippen LogP contribution in [0.4, 0.5) is 0 Å². The van der Waals surface area contributed by atoms with Gasteiger partial charge in [-0.2, -0.15) is 0 Å². The van der Waals surface area contributed by atoms with Gasteiger partial charge in [-0.3, -0.25) is 14.4 Å². The number of hydrogen-bond donors (Lipinski definition) is 0. The fraction of sp³-hybridized carbons (Fsp3) is 0.897. The molecular formula is C29H40O6.